The predicted molar refractivity (Wildman–Crippen MR) is 73.4 cm³/mol. The lowest BCUT2D eigenvalue weighted by molar-refractivity contribution is 0.121. The highest BCUT2D eigenvalue weighted by Crippen LogP contribution is 2.38. The van der Waals surface area contributed by atoms with Crippen LogP contribution < -0.4 is 0 Å². The van der Waals surface area contributed by atoms with Crippen LogP contribution in [0.1, 0.15) is 36.5 Å². The van der Waals surface area contributed by atoms with Crippen molar-refractivity contribution in [3.63, 3.8) is 0 Å². The Morgan fingerprint density at radius 3 is 2.56 bits per heavy atom. The average molecular weight is 245 g/mol. The molecule has 1 saturated carbocycles. The van der Waals surface area contributed by atoms with E-state index < -0.39 is 0 Å². The van der Waals surface area contributed by atoms with E-state index in [1.165, 1.54) is 37.9 Å². The molecule has 3 rings (SSSR count). The second-order valence-electron chi connectivity index (χ2n) is 6.04. The van der Waals surface area contributed by atoms with Gasteiger partial charge in [0.15, 0.2) is 0 Å². The Morgan fingerprint density at radius 2 is 1.89 bits per heavy atom. The Hall–Kier alpha value is -0.860. The van der Waals surface area contributed by atoms with Crippen molar-refractivity contribution in [1.82, 2.24) is 4.90 Å². The van der Waals surface area contributed by atoms with Crippen LogP contribution >= 0.6 is 0 Å². The maximum atomic E-state index is 10.4. The fourth-order valence-corrected chi connectivity index (χ4v) is 3.78. The van der Waals surface area contributed by atoms with Gasteiger partial charge in [-0.25, -0.2) is 0 Å². The number of hydrogen-bond acceptors (Lipinski definition) is 2. The molecule has 0 amide bonds. The lowest BCUT2D eigenvalue weighted by Gasteiger charge is -2.22. The minimum Gasteiger partial charge on any atom is -0.387 e. The van der Waals surface area contributed by atoms with Gasteiger partial charge in [-0.05, 0) is 42.7 Å². The molecule has 2 aliphatic rings. The summed E-state index contributed by atoms with van der Waals surface area (Å²) in [5, 5.41) is 10.4. The summed E-state index contributed by atoms with van der Waals surface area (Å²) < 4.78 is 0. The van der Waals surface area contributed by atoms with Crippen LogP contribution in [0.4, 0.5) is 0 Å². The van der Waals surface area contributed by atoms with Crippen LogP contribution in [-0.2, 0) is 0 Å². The van der Waals surface area contributed by atoms with E-state index in [1.54, 1.807) is 0 Å². The van der Waals surface area contributed by atoms with Gasteiger partial charge in [-0.1, -0.05) is 30.7 Å². The summed E-state index contributed by atoms with van der Waals surface area (Å²) in [6.45, 7) is 5.29. The third kappa shape index (κ3) is 2.32. The second kappa shape index (κ2) is 5.02. The van der Waals surface area contributed by atoms with E-state index in [0.29, 0.717) is 0 Å². The number of benzene rings is 1. The Kier molecular flexibility index (Phi) is 3.40. The molecule has 0 bridgehead atoms. The van der Waals surface area contributed by atoms with Crippen LogP contribution in [0.25, 0.3) is 0 Å². The highest BCUT2D eigenvalue weighted by Gasteiger charge is 2.36. The smallest absolute Gasteiger partial charge is 0.0919 e. The molecule has 3 unspecified atom stereocenters. The molecule has 18 heavy (non-hydrogen) atoms. The average Bonchev–Trinajstić information content (AvgIpc) is 2.90. The normalized spacial score (nSPS) is 29.4. The molecule has 1 saturated heterocycles. The van der Waals surface area contributed by atoms with Gasteiger partial charge in [-0.15, -0.1) is 0 Å². The number of β-amino-alcohol motifs (C(OH)–C–C–N with tert-alkyl or cyclic N) is 1. The lowest BCUT2D eigenvalue weighted by Crippen LogP contribution is -2.27. The zero-order valence-corrected chi connectivity index (χ0v) is 11.2. The van der Waals surface area contributed by atoms with Crippen molar-refractivity contribution in [3.05, 3.63) is 35.4 Å². The van der Waals surface area contributed by atoms with Crippen molar-refractivity contribution in [2.45, 2.75) is 32.3 Å². The largest absolute Gasteiger partial charge is 0.387 e. The topological polar surface area (TPSA) is 23.5 Å². The molecule has 2 heteroatoms. The van der Waals surface area contributed by atoms with Crippen molar-refractivity contribution < 1.29 is 5.11 Å². The molecular weight excluding hydrogens is 222 g/mol. The first-order valence-electron chi connectivity index (χ1n) is 7.20. The number of aliphatic hydroxyl groups is 1. The van der Waals surface area contributed by atoms with Gasteiger partial charge >= 0.3 is 0 Å². The van der Waals surface area contributed by atoms with Crippen LogP contribution in [0, 0.1) is 18.8 Å². The molecular formula is C16H23NO. The maximum absolute atomic E-state index is 10.4. The summed E-state index contributed by atoms with van der Waals surface area (Å²) in [6, 6.07) is 8.18. The molecule has 1 aliphatic carbocycles. The van der Waals surface area contributed by atoms with Crippen molar-refractivity contribution >= 4 is 0 Å². The minimum absolute atomic E-state index is 0.329. The van der Waals surface area contributed by atoms with Crippen LogP contribution in [0.2, 0.25) is 0 Å². The van der Waals surface area contributed by atoms with Gasteiger partial charge in [0.2, 0.25) is 0 Å². The van der Waals surface area contributed by atoms with Gasteiger partial charge in [0, 0.05) is 19.6 Å². The van der Waals surface area contributed by atoms with E-state index in [-0.39, 0.29) is 6.10 Å². The second-order valence-corrected chi connectivity index (χ2v) is 6.04. The fourth-order valence-electron chi connectivity index (χ4n) is 3.78. The summed E-state index contributed by atoms with van der Waals surface area (Å²) in [7, 11) is 0. The van der Waals surface area contributed by atoms with Gasteiger partial charge in [0.05, 0.1) is 6.10 Å². The highest BCUT2D eigenvalue weighted by molar-refractivity contribution is 5.27. The number of aryl methyl sites for hydroxylation is 1. The van der Waals surface area contributed by atoms with Crippen LogP contribution in [0.3, 0.4) is 0 Å². The minimum atomic E-state index is -0.329. The zero-order chi connectivity index (χ0) is 12.5. The van der Waals surface area contributed by atoms with E-state index in [1.807, 2.05) is 12.1 Å². The number of likely N-dealkylation sites (tertiary alicyclic amines) is 1. The van der Waals surface area contributed by atoms with E-state index in [2.05, 4.69) is 24.0 Å². The first-order valence-corrected chi connectivity index (χ1v) is 7.20. The highest BCUT2D eigenvalue weighted by atomic mass is 16.3. The lowest BCUT2D eigenvalue weighted by atomic mass is 10.0. The molecule has 0 aromatic heterocycles. The number of rotatable bonds is 3. The molecule has 2 fully saturated rings. The fraction of sp³-hybridized carbons (Fsp3) is 0.625. The summed E-state index contributed by atoms with van der Waals surface area (Å²) in [6.07, 6.45) is 3.90. The molecule has 3 atom stereocenters. The van der Waals surface area contributed by atoms with Gasteiger partial charge in [-0.3, -0.25) is 4.90 Å². The van der Waals surface area contributed by atoms with Crippen LogP contribution in [0.15, 0.2) is 24.3 Å². The first kappa shape index (κ1) is 12.2. The molecule has 0 radical (unpaired) electrons. The molecule has 98 valence electrons. The third-order valence-electron chi connectivity index (χ3n) is 4.78. The van der Waals surface area contributed by atoms with Crippen molar-refractivity contribution in [2.24, 2.45) is 11.8 Å². The number of hydrogen-bond donors (Lipinski definition) is 1. The van der Waals surface area contributed by atoms with E-state index in [0.717, 1.165) is 23.9 Å². The van der Waals surface area contributed by atoms with Gasteiger partial charge in [0.25, 0.3) is 0 Å². The molecule has 1 N–H and O–H groups in total. The molecule has 1 aromatic rings. The number of fused-ring (bicyclic) bond motifs is 1. The van der Waals surface area contributed by atoms with Crippen molar-refractivity contribution in [2.75, 3.05) is 19.6 Å². The summed E-state index contributed by atoms with van der Waals surface area (Å²) in [4.78, 5) is 2.46. The standard InChI is InChI=1S/C16H23NO/c1-12-5-2-3-8-15(12)16(18)11-17-9-13-6-4-7-14(13)10-17/h2-3,5,8,13-14,16,18H,4,6-7,9-11H2,1H3. The van der Waals surface area contributed by atoms with Gasteiger partial charge < -0.3 is 5.11 Å². The summed E-state index contributed by atoms with van der Waals surface area (Å²) in [5.74, 6) is 1.82. The molecule has 0 spiro atoms. The Morgan fingerprint density at radius 1 is 1.22 bits per heavy atom. The number of aliphatic hydroxyl groups excluding tert-OH is 1. The maximum Gasteiger partial charge on any atom is 0.0919 e. The molecule has 1 heterocycles. The monoisotopic (exact) mass is 245 g/mol. The van der Waals surface area contributed by atoms with Gasteiger partial charge in [-0.2, -0.15) is 0 Å². The van der Waals surface area contributed by atoms with Crippen LogP contribution in [-0.4, -0.2) is 29.6 Å². The van der Waals surface area contributed by atoms with Crippen LogP contribution in [0.5, 0.6) is 0 Å². The summed E-state index contributed by atoms with van der Waals surface area (Å²) >= 11 is 0. The van der Waals surface area contributed by atoms with Crippen molar-refractivity contribution in [1.29, 1.82) is 0 Å². The van der Waals surface area contributed by atoms with Crippen molar-refractivity contribution in [3.8, 4) is 0 Å². The third-order valence-corrected chi connectivity index (χ3v) is 4.78. The quantitative estimate of drug-likeness (QED) is 0.885. The van der Waals surface area contributed by atoms with E-state index in [4.69, 9.17) is 0 Å². The van der Waals surface area contributed by atoms with E-state index in [9.17, 15) is 5.11 Å². The molecule has 1 aliphatic heterocycles. The van der Waals surface area contributed by atoms with Gasteiger partial charge in [0.1, 0.15) is 0 Å². The zero-order valence-electron chi connectivity index (χ0n) is 11.2. The Balaban J connectivity index is 1.62. The summed E-state index contributed by atoms with van der Waals surface area (Å²) in [5.41, 5.74) is 2.29. The Bertz CT molecular complexity index is 405. The van der Waals surface area contributed by atoms with E-state index >= 15 is 0 Å². The molecule has 2 nitrogen and oxygen atoms in total. The SMILES string of the molecule is Cc1ccccc1C(O)CN1CC2CCCC2C1. The molecule has 1 aromatic carbocycles. The predicted octanol–water partition coefficient (Wildman–Crippen LogP) is 2.76. The first-order chi connectivity index (χ1) is 8.74. The Labute approximate surface area is 110 Å². The number of nitrogens with zero attached hydrogens (tertiary/aromatic N) is 1.